The molecule has 0 bridgehead atoms. The molecule has 2 aromatic rings. The number of urea groups is 1. The summed E-state index contributed by atoms with van der Waals surface area (Å²) in [5, 5.41) is 0. The van der Waals surface area contributed by atoms with E-state index >= 15 is 0 Å². The van der Waals surface area contributed by atoms with Gasteiger partial charge in [0.2, 0.25) is 0 Å². The Balaban J connectivity index is 1.85. The molecule has 3 amide bonds. The zero-order valence-electron chi connectivity index (χ0n) is 14.3. The molecule has 1 atom stereocenters. The zero-order valence-corrected chi connectivity index (χ0v) is 14.3. The summed E-state index contributed by atoms with van der Waals surface area (Å²) in [5.74, 6) is -0.707. The fourth-order valence-electron chi connectivity index (χ4n) is 2.90. The van der Waals surface area contributed by atoms with Gasteiger partial charge in [-0.15, -0.1) is 0 Å². The first-order chi connectivity index (χ1) is 11.9. The number of ether oxygens (including phenoxy) is 1. The van der Waals surface area contributed by atoms with Gasteiger partial charge in [0.05, 0.1) is 13.7 Å². The predicted octanol–water partition coefficient (Wildman–Crippen LogP) is 3.50. The monoisotopic (exact) mass is 342 g/mol. The number of anilines is 1. The van der Waals surface area contributed by atoms with E-state index < -0.39 is 17.9 Å². The molecular formula is C19H19FN2O3. The first-order valence-corrected chi connectivity index (χ1v) is 7.96. The third-order valence-electron chi connectivity index (χ3n) is 4.32. The van der Waals surface area contributed by atoms with E-state index in [0.717, 1.165) is 10.5 Å². The minimum absolute atomic E-state index is 0.0191. The second-order valence-corrected chi connectivity index (χ2v) is 6.06. The number of halogens is 1. The SMILES string of the molecule is COc1ccc(CN2C(=O)[C@@H](C)N(c3ccc(C)cc3)C2=O)cc1F. The third-order valence-corrected chi connectivity index (χ3v) is 4.32. The van der Waals surface area contributed by atoms with E-state index in [1.165, 1.54) is 24.1 Å². The van der Waals surface area contributed by atoms with Crippen molar-refractivity contribution < 1.29 is 18.7 Å². The van der Waals surface area contributed by atoms with Gasteiger partial charge >= 0.3 is 6.03 Å². The Morgan fingerprint density at radius 2 is 1.80 bits per heavy atom. The number of amides is 3. The molecule has 1 aliphatic heterocycles. The van der Waals surface area contributed by atoms with Crippen LogP contribution >= 0.6 is 0 Å². The maximum absolute atomic E-state index is 13.9. The van der Waals surface area contributed by atoms with E-state index in [2.05, 4.69) is 0 Å². The van der Waals surface area contributed by atoms with Crippen molar-refractivity contribution in [2.75, 3.05) is 12.0 Å². The summed E-state index contributed by atoms with van der Waals surface area (Å²) >= 11 is 0. The van der Waals surface area contributed by atoms with Crippen molar-refractivity contribution in [3.8, 4) is 5.75 Å². The molecule has 0 saturated carbocycles. The Morgan fingerprint density at radius 3 is 2.40 bits per heavy atom. The van der Waals surface area contributed by atoms with Crippen molar-refractivity contribution in [3.63, 3.8) is 0 Å². The topological polar surface area (TPSA) is 49.9 Å². The van der Waals surface area contributed by atoms with Crippen LogP contribution in [-0.2, 0) is 11.3 Å². The lowest BCUT2D eigenvalue weighted by Crippen LogP contribution is -2.33. The number of carbonyl (C=O) groups is 2. The van der Waals surface area contributed by atoms with Crippen molar-refractivity contribution in [1.29, 1.82) is 0 Å². The molecule has 0 unspecified atom stereocenters. The average Bonchev–Trinajstić information content (AvgIpc) is 2.80. The Hall–Kier alpha value is -2.89. The molecule has 25 heavy (non-hydrogen) atoms. The quantitative estimate of drug-likeness (QED) is 0.799. The van der Waals surface area contributed by atoms with Crippen LogP contribution in [0.2, 0.25) is 0 Å². The predicted molar refractivity (Wildman–Crippen MR) is 92.0 cm³/mol. The Kier molecular flexibility index (Phi) is 4.44. The molecular weight excluding hydrogens is 323 g/mol. The molecule has 0 spiro atoms. The van der Waals surface area contributed by atoms with Gasteiger partial charge in [-0.2, -0.15) is 0 Å². The number of aryl methyl sites for hydroxylation is 1. The van der Waals surface area contributed by atoms with Crippen molar-refractivity contribution >= 4 is 17.6 Å². The molecule has 0 aromatic heterocycles. The smallest absolute Gasteiger partial charge is 0.332 e. The van der Waals surface area contributed by atoms with Gasteiger partial charge in [0.1, 0.15) is 6.04 Å². The molecule has 0 N–H and O–H groups in total. The number of nitrogens with zero attached hydrogens (tertiary/aromatic N) is 2. The highest BCUT2D eigenvalue weighted by molar-refractivity contribution is 6.13. The van der Waals surface area contributed by atoms with Crippen LogP contribution in [0.25, 0.3) is 0 Å². The number of hydrogen-bond donors (Lipinski definition) is 0. The van der Waals surface area contributed by atoms with Crippen molar-refractivity contribution in [1.82, 2.24) is 4.90 Å². The number of rotatable bonds is 4. The molecule has 1 aliphatic rings. The minimum Gasteiger partial charge on any atom is -0.494 e. The Morgan fingerprint density at radius 1 is 1.12 bits per heavy atom. The van der Waals surface area contributed by atoms with Gasteiger partial charge in [0.15, 0.2) is 11.6 Å². The summed E-state index contributed by atoms with van der Waals surface area (Å²) in [6.45, 7) is 3.66. The maximum atomic E-state index is 13.9. The van der Waals surface area contributed by atoms with Crippen LogP contribution in [0.15, 0.2) is 42.5 Å². The number of methoxy groups -OCH3 is 1. The first kappa shape index (κ1) is 17.0. The molecule has 5 nitrogen and oxygen atoms in total. The van der Waals surface area contributed by atoms with E-state index in [9.17, 15) is 14.0 Å². The molecule has 1 heterocycles. The highest BCUT2D eigenvalue weighted by Gasteiger charge is 2.43. The minimum atomic E-state index is -0.599. The second-order valence-electron chi connectivity index (χ2n) is 6.06. The molecule has 6 heteroatoms. The summed E-state index contributed by atoms with van der Waals surface area (Å²) in [4.78, 5) is 27.9. The van der Waals surface area contributed by atoms with E-state index in [1.807, 2.05) is 31.2 Å². The molecule has 0 radical (unpaired) electrons. The Bertz CT molecular complexity index is 820. The highest BCUT2D eigenvalue weighted by atomic mass is 19.1. The van der Waals surface area contributed by atoms with E-state index in [4.69, 9.17) is 4.74 Å². The summed E-state index contributed by atoms with van der Waals surface area (Å²) in [5.41, 5.74) is 2.26. The van der Waals surface area contributed by atoms with Gasteiger partial charge in [0, 0.05) is 5.69 Å². The number of hydrogen-bond acceptors (Lipinski definition) is 3. The molecule has 0 aliphatic carbocycles. The van der Waals surface area contributed by atoms with E-state index in [1.54, 1.807) is 13.0 Å². The second kappa shape index (κ2) is 6.55. The van der Waals surface area contributed by atoms with Crippen LogP contribution in [0.3, 0.4) is 0 Å². The van der Waals surface area contributed by atoms with E-state index in [-0.39, 0.29) is 18.2 Å². The first-order valence-electron chi connectivity index (χ1n) is 7.96. The van der Waals surface area contributed by atoms with Crippen molar-refractivity contribution in [3.05, 3.63) is 59.4 Å². The third kappa shape index (κ3) is 3.07. The summed E-state index contributed by atoms with van der Waals surface area (Å²) in [6.07, 6.45) is 0. The largest absolute Gasteiger partial charge is 0.494 e. The van der Waals surface area contributed by atoms with Gasteiger partial charge in [-0.1, -0.05) is 23.8 Å². The van der Waals surface area contributed by atoms with Crippen molar-refractivity contribution in [2.45, 2.75) is 26.4 Å². The molecule has 1 saturated heterocycles. The van der Waals surface area contributed by atoms with Crippen LogP contribution in [0.4, 0.5) is 14.9 Å². The fraction of sp³-hybridized carbons (Fsp3) is 0.263. The molecule has 130 valence electrons. The number of carbonyl (C=O) groups excluding carboxylic acids is 2. The van der Waals surface area contributed by atoms with E-state index in [0.29, 0.717) is 11.3 Å². The van der Waals surface area contributed by atoms with Crippen LogP contribution < -0.4 is 9.64 Å². The van der Waals surface area contributed by atoms with Gasteiger partial charge in [-0.25, -0.2) is 9.18 Å². The van der Waals surface area contributed by atoms with Crippen LogP contribution in [0.5, 0.6) is 5.75 Å². The summed E-state index contributed by atoms with van der Waals surface area (Å²) < 4.78 is 18.7. The zero-order chi connectivity index (χ0) is 18.1. The summed E-state index contributed by atoms with van der Waals surface area (Å²) in [7, 11) is 1.38. The van der Waals surface area contributed by atoms with Gasteiger partial charge in [-0.3, -0.25) is 14.6 Å². The van der Waals surface area contributed by atoms with Crippen LogP contribution in [-0.4, -0.2) is 30.0 Å². The lowest BCUT2D eigenvalue weighted by atomic mass is 10.2. The molecule has 1 fully saturated rings. The van der Waals surface area contributed by atoms with Crippen LogP contribution in [0.1, 0.15) is 18.1 Å². The van der Waals surface area contributed by atoms with Gasteiger partial charge in [0.25, 0.3) is 5.91 Å². The lowest BCUT2D eigenvalue weighted by molar-refractivity contribution is -0.127. The Labute approximate surface area is 145 Å². The fourth-order valence-corrected chi connectivity index (χ4v) is 2.90. The normalized spacial score (nSPS) is 17.4. The average molecular weight is 342 g/mol. The maximum Gasteiger partial charge on any atom is 0.332 e. The van der Waals surface area contributed by atoms with Crippen LogP contribution in [0, 0.1) is 12.7 Å². The number of benzene rings is 2. The summed E-state index contributed by atoms with van der Waals surface area (Å²) in [6, 6.07) is 10.8. The van der Waals surface area contributed by atoms with Gasteiger partial charge < -0.3 is 4.74 Å². The number of imide groups is 1. The highest BCUT2D eigenvalue weighted by Crippen LogP contribution is 2.28. The molecule has 2 aromatic carbocycles. The molecule has 3 rings (SSSR count). The standard InChI is InChI=1S/C19H19FN2O3/c1-12-4-7-15(8-5-12)22-13(2)18(23)21(19(22)24)11-14-6-9-17(25-3)16(20)10-14/h4-10,13H,11H2,1-3H3/t13-/m1/s1. The van der Waals surface area contributed by atoms with Crippen molar-refractivity contribution in [2.24, 2.45) is 0 Å². The van der Waals surface area contributed by atoms with Gasteiger partial charge in [-0.05, 0) is 43.7 Å². The lowest BCUT2D eigenvalue weighted by Gasteiger charge is -2.19.